The summed E-state index contributed by atoms with van der Waals surface area (Å²) in [5, 5.41) is 0. The van der Waals surface area contributed by atoms with Gasteiger partial charge in [-0.2, -0.15) is 13.2 Å². The molecule has 1 aliphatic heterocycles. The number of benzene rings is 2. The average Bonchev–Trinajstić information content (AvgIpc) is 3.29. The summed E-state index contributed by atoms with van der Waals surface area (Å²) in [4.78, 5) is 20.5. The largest absolute Gasteiger partial charge is 0.447 e. The lowest BCUT2D eigenvalue weighted by Crippen LogP contribution is -2.40. The van der Waals surface area contributed by atoms with Gasteiger partial charge >= 0.3 is 6.18 Å². The zero-order chi connectivity index (χ0) is 24.1. The smallest absolute Gasteiger partial charge is 0.416 e. The molecule has 2 heterocycles. The molecular formula is C24H23F4N3O3. The molecule has 0 atom stereocenters. The summed E-state index contributed by atoms with van der Waals surface area (Å²) >= 11 is 0. The molecule has 0 spiro atoms. The highest BCUT2D eigenvalue weighted by Gasteiger charge is 2.30. The van der Waals surface area contributed by atoms with Gasteiger partial charge in [0.05, 0.1) is 25.3 Å². The minimum Gasteiger partial charge on any atom is -0.447 e. The minimum atomic E-state index is -4.41. The van der Waals surface area contributed by atoms with Gasteiger partial charge in [0.1, 0.15) is 12.1 Å². The van der Waals surface area contributed by atoms with Gasteiger partial charge in [-0.1, -0.05) is 24.3 Å². The molecule has 1 amide bonds. The summed E-state index contributed by atoms with van der Waals surface area (Å²) < 4.78 is 62.8. The predicted molar refractivity (Wildman–Crippen MR) is 114 cm³/mol. The van der Waals surface area contributed by atoms with E-state index in [0.717, 1.165) is 17.7 Å². The van der Waals surface area contributed by atoms with Crippen LogP contribution in [0, 0.1) is 5.82 Å². The van der Waals surface area contributed by atoms with E-state index < -0.39 is 11.7 Å². The van der Waals surface area contributed by atoms with Gasteiger partial charge < -0.3 is 14.1 Å². The fourth-order valence-electron chi connectivity index (χ4n) is 3.67. The first-order valence-electron chi connectivity index (χ1n) is 10.7. The monoisotopic (exact) mass is 477 g/mol. The Kier molecular flexibility index (Phi) is 7.28. The molecule has 0 bridgehead atoms. The van der Waals surface area contributed by atoms with Crippen LogP contribution in [-0.2, 0) is 30.5 Å². The molecule has 1 aromatic heterocycles. The molecule has 0 unspecified atom stereocenters. The molecular weight excluding hydrogens is 454 g/mol. The van der Waals surface area contributed by atoms with Crippen molar-refractivity contribution in [3.8, 4) is 0 Å². The molecule has 180 valence electrons. The molecule has 34 heavy (non-hydrogen) atoms. The lowest BCUT2D eigenvalue weighted by atomic mass is 10.1. The van der Waals surface area contributed by atoms with E-state index in [1.807, 2.05) is 4.90 Å². The maximum absolute atomic E-state index is 13.3. The Morgan fingerprint density at radius 1 is 0.941 bits per heavy atom. The van der Waals surface area contributed by atoms with E-state index in [2.05, 4.69) is 4.98 Å². The maximum atomic E-state index is 13.3. The number of aromatic nitrogens is 1. The van der Waals surface area contributed by atoms with Gasteiger partial charge in [-0.3, -0.25) is 9.69 Å². The molecule has 0 saturated carbocycles. The summed E-state index contributed by atoms with van der Waals surface area (Å²) in [7, 11) is 0. The summed E-state index contributed by atoms with van der Waals surface area (Å²) in [6, 6.07) is 10.9. The summed E-state index contributed by atoms with van der Waals surface area (Å²) in [5.74, 6) is -0.311. The number of hydrogen-bond acceptors (Lipinski definition) is 5. The number of hydrogen-bond donors (Lipinski definition) is 0. The van der Waals surface area contributed by atoms with Gasteiger partial charge in [0.2, 0.25) is 5.89 Å². The summed E-state index contributed by atoms with van der Waals surface area (Å²) in [6.45, 7) is 2.76. The van der Waals surface area contributed by atoms with Crippen molar-refractivity contribution in [3.63, 3.8) is 0 Å². The van der Waals surface area contributed by atoms with Crippen LogP contribution in [0.5, 0.6) is 0 Å². The third-order valence-electron chi connectivity index (χ3n) is 5.43. The van der Waals surface area contributed by atoms with Crippen LogP contribution < -0.4 is 0 Å². The van der Waals surface area contributed by atoms with Crippen LogP contribution in [0.3, 0.4) is 0 Å². The van der Waals surface area contributed by atoms with Crippen molar-refractivity contribution >= 4 is 5.91 Å². The Bertz CT molecular complexity index is 1090. The standard InChI is InChI=1S/C24H23F4N3O3/c25-20-7-3-18(4-8-20)14-30(13-17-1-5-19(6-2-17)24(26,27)28)15-22-29-21(16-34-22)23(32)31-9-11-33-12-10-31/h1-8,16H,9-15H2. The van der Waals surface area contributed by atoms with E-state index in [-0.39, 0.29) is 24.0 Å². The molecule has 1 fully saturated rings. The van der Waals surface area contributed by atoms with E-state index in [9.17, 15) is 22.4 Å². The molecule has 0 aliphatic carbocycles. The van der Waals surface area contributed by atoms with E-state index in [4.69, 9.17) is 9.15 Å². The predicted octanol–water partition coefficient (Wildman–Crippen LogP) is 4.51. The number of halogens is 4. The fraction of sp³-hybridized carbons (Fsp3) is 0.333. The molecule has 1 saturated heterocycles. The van der Waals surface area contributed by atoms with Crippen LogP contribution in [0.2, 0.25) is 0 Å². The van der Waals surface area contributed by atoms with E-state index >= 15 is 0 Å². The lowest BCUT2D eigenvalue weighted by molar-refractivity contribution is -0.137. The maximum Gasteiger partial charge on any atom is 0.416 e. The first-order chi connectivity index (χ1) is 16.3. The van der Waals surface area contributed by atoms with Crippen LogP contribution in [0.4, 0.5) is 17.6 Å². The first-order valence-corrected chi connectivity index (χ1v) is 10.7. The normalized spacial score (nSPS) is 14.6. The van der Waals surface area contributed by atoms with Gasteiger partial charge in [-0.05, 0) is 35.4 Å². The Labute approximate surface area is 193 Å². The number of rotatable bonds is 7. The lowest BCUT2D eigenvalue weighted by Gasteiger charge is -2.25. The van der Waals surface area contributed by atoms with Crippen molar-refractivity contribution in [3.05, 3.63) is 88.9 Å². The highest BCUT2D eigenvalue weighted by molar-refractivity contribution is 5.92. The molecule has 4 rings (SSSR count). The van der Waals surface area contributed by atoms with Crippen molar-refractivity contribution in [1.82, 2.24) is 14.8 Å². The summed E-state index contributed by atoms with van der Waals surface area (Å²) in [5.41, 5.74) is 0.934. The molecule has 1 aliphatic rings. The van der Waals surface area contributed by atoms with Gasteiger partial charge in [0.15, 0.2) is 5.69 Å². The highest BCUT2D eigenvalue weighted by atomic mass is 19.4. The Hall–Kier alpha value is -3.24. The second kappa shape index (κ2) is 10.4. The van der Waals surface area contributed by atoms with Crippen LogP contribution in [0.15, 0.2) is 59.2 Å². The quantitative estimate of drug-likeness (QED) is 0.469. The topological polar surface area (TPSA) is 58.8 Å². The zero-order valence-electron chi connectivity index (χ0n) is 18.2. The number of nitrogens with zero attached hydrogens (tertiary/aromatic N) is 3. The molecule has 2 aromatic carbocycles. The Morgan fingerprint density at radius 3 is 2.12 bits per heavy atom. The van der Waals surface area contributed by atoms with Crippen LogP contribution in [0.1, 0.15) is 33.1 Å². The van der Waals surface area contributed by atoms with Gasteiger partial charge in [-0.25, -0.2) is 9.37 Å². The van der Waals surface area contributed by atoms with E-state index in [0.29, 0.717) is 50.8 Å². The highest BCUT2D eigenvalue weighted by Crippen LogP contribution is 2.29. The van der Waals surface area contributed by atoms with Gasteiger partial charge in [-0.15, -0.1) is 0 Å². The van der Waals surface area contributed by atoms with Crippen LogP contribution in [0.25, 0.3) is 0 Å². The van der Waals surface area contributed by atoms with Crippen molar-refractivity contribution in [1.29, 1.82) is 0 Å². The van der Waals surface area contributed by atoms with Gasteiger partial charge in [0, 0.05) is 26.2 Å². The molecule has 3 aromatic rings. The number of ether oxygens (including phenoxy) is 1. The third-order valence-corrected chi connectivity index (χ3v) is 5.43. The fourth-order valence-corrected chi connectivity index (χ4v) is 3.67. The number of carbonyl (C=O) groups excluding carboxylic acids is 1. The number of amides is 1. The van der Waals surface area contributed by atoms with Crippen molar-refractivity contribution < 1.29 is 31.5 Å². The number of oxazole rings is 1. The van der Waals surface area contributed by atoms with E-state index in [1.54, 1.807) is 17.0 Å². The Morgan fingerprint density at radius 2 is 1.53 bits per heavy atom. The second-order valence-electron chi connectivity index (χ2n) is 8.00. The summed E-state index contributed by atoms with van der Waals surface area (Å²) in [6.07, 6.45) is -3.10. The number of morpholine rings is 1. The second-order valence-corrected chi connectivity index (χ2v) is 8.00. The zero-order valence-corrected chi connectivity index (χ0v) is 18.2. The molecule has 10 heteroatoms. The molecule has 6 nitrogen and oxygen atoms in total. The average molecular weight is 477 g/mol. The third kappa shape index (κ3) is 6.21. The molecule has 0 radical (unpaired) electrons. The first kappa shape index (κ1) is 23.9. The van der Waals surface area contributed by atoms with Crippen molar-refractivity contribution in [2.45, 2.75) is 25.8 Å². The van der Waals surface area contributed by atoms with Crippen molar-refractivity contribution in [2.75, 3.05) is 26.3 Å². The minimum absolute atomic E-state index is 0.188. The van der Waals surface area contributed by atoms with Crippen LogP contribution >= 0.6 is 0 Å². The van der Waals surface area contributed by atoms with Crippen LogP contribution in [-0.4, -0.2) is 47.0 Å². The number of alkyl halides is 3. The Balaban J connectivity index is 1.49. The van der Waals surface area contributed by atoms with Crippen molar-refractivity contribution in [2.24, 2.45) is 0 Å². The van der Waals surface area contributed by atoms with Gasteiger partial charge in [0.25, 0.3) is 5.91 Å². The number of carbonyl (C=O) groups is 1. The van der Waals surface area contributed by atoms with E-state index in [1.165, 1.54) is 30.5 Å². The molecule has 0 N–H and O–H groups in total. The SMILES string of the molecule is O=C(c1coc(CN(Cc2ccc(F)cc2)Cc2ccc(C(F)(F)F)cc2)n1)N1CCOCC1.